The average Bonchev–Trinajstić information content (AvgIpc) is 3.11. The summed E-state index contributed by atoms with van der Waals surface area (Å²) in [5, 5.41) is 1.84. The van der Waals surface area contributed by atoms with Crippen LogP contribution < -0.4 is 0 Å². The minimum Gasteiger partial charge on any atom is -0.330 e. The standard InChI is InChI=1S/C23H22ClN3O.ClH/c24-17-4-6-18(7-5-17)26-12-16-13-27(21-14-25-10-8-15(21)9-11-25)23(28)19-2-1-3-20(26)22(16)19;/h1-7,12,15,21H,8-11,13-14H2;1H/t21-;/m0./s1. The van der Waals surface area contributed by atoms with Gasteiger partial charge in [-0.05, 0) is 73.8 Å². The van der Waals surface area contributed by atoms with Gasteiger partial charge in [-0.25, -0.2) is 0 Å². The van der Waals surface area contributed by atoms with Crippen LogP contribution in [0.25, 0.3) is 16.6 Å². The van der Waals surface area contributed by atoms with Gasteiger partial charge in [-0.2, -0.15) is 0 Å². The van der Waals surface area contributed by atoms with Crippen molar-refractivity contribution in [2.45, 2.75) is 25.4 Å². The van der Waals surface area contributed by atoms with Gasteiger partial charge >= 0.3 is 0 Å². The molecule has 5 heterocycles. The van der Waals surface area contributed by atoms with Crippen LogP contribution in [0.2, 0.25) is 5.02 Å². The summed E-state index contributed by atoms with van der Waals surface area (Å²) in [5.41, 5.74) is 4.26. The molecule has 7 rings (SSSR count). The molecule has 0 radical (unpaired) electrons. The van der Waals surface area contributed by atoms with Crippen molar-refractivity contribution in [2.24, 2.45) is 5.92 Å². The molecule has 6 heteroatoms. The van der Waals surface area contributed by atoms with E-state index in [1.54, 1.807) is 0 Å². The van der Waals surface area contributed by atoms with Crippen LogP contribution in [0.5, 0.6) is 0 Å². The zero-order chi connectivity index (χ0) is 18.8. The number of nitrogens with zero attached hydrogens (tertiary/aromatic N) is 3. The predicted molar refractivity (Wildman–Crippen MR) is 118 cm³/mol. The Balaban J connectivity index is 0.00000181. The van der Waals surface area contributed by atoms with E-state index < -0.39 is 0 Å². The maximum Gasteiger partial charge on any atom is 0.255 e. The maximum atomic E-state index is 13.4. The van der Waals surface area contributed by atoms with Gasteiger partial charge in [0.2, 0.25) is 0 Å². The first kappa shape index (κ1) is 19.0. The van der Waals surface area contributed by atoms with Crippen LogP contribution in [0.1, 0.15) is 28.8 Å². The molecule has 4 aliphatic heterocycles. The number of fused-ring (bicyclic) bond motifs is 3. The van der Waals surface area contributed by atoms with Gasteiger partial charge in [-0.1, -0.05) is 17.7 Å². The van der Waals surface area contributed by atoms with Gasteiger partial charge < -0.3 is 14.4 Å². The van der Waals surface area contributed by atoms with E-state index in [-0.39, 0.29) is 18.3 Å². The lowest BCUT2D eigenvalue weighted by atomic mass is 9.82. The van der Waals surface area contributed by atoms with Crippen molar-refractivity contribution in [3.63, 3.8) is 0 Å². The molecule has 1 atom stereocenters. The summed E-state index contributed by atoms with van der Waals surface area (Å²) in [6, 6.07) is 14.3. The van der Waals surface area contributed by atoms with E-state index in [0.717, 1.165) is 33.7 Å². The second-order valence-corrected chi connectivity index (χ2v) is 8.78. The van der Waals surface area contributed by atoms with E-state index in [4.69, 9.17) is 11.6 Å². The summed E-state index contributed by atoms with van der Waals surface area (Å²) in [6.45, 7) is 4.12. The molecule has 1 amide bonds. The molecule has 150 valence electrons. The quantitative estimate of drug-likeness (QED) is 0.589. The number of carbonyl (C=O) groups excluding carboxylic acids is 1. The monoisotopic (exact) mass is 427 g/mol. The van der Waals surface area contributed by atoms with E-state index in [1.165, 1.54) is 31.5 Å². The summed E-state index contributed by atoms with van der Waals surface area (Å²) in [4.78, 5) is 18.1. The highest BCUT2D eigenvalue weighted by Crippen LogP contribution is 2.38. The van der Waals surface area contributed by atoms with E-state index in [9.17, 15) is 4.79 Å². The van der Waals surface area contributed by atoms with Crippen LogP contribution in [0.4, 0.5) is 0 Å². The number of aromatic nitrogens is 1. The molecule has 0 saturated carbocycles. The number of hydrogen-bond donors (Lipinski definition) is 0. The van der Waals surface area contributed by atoms with Crippen LogP contribution in [0.15, 0.2) is 48.7 Å². The van der Waals surface area contributed by atoms with Gasteiger partial charge in [-0.15, -0.1) is 12.4 Å². The zero-order valence-corrected chi connectivity index (χ0v) is 17.6. The molecule has 3 aromatic rings. The molecule has 0 aliphatic carbocycles. The maximum absolute atomic E-state index is 13.4. The van der Waals surface area contributed by atoms with Crippen LogP contribution in [0, 0.1) is 5.92 Å². The third-order valence-electron chi connectivity index (χ3n) is 6.87. The third-order valence-corrected chi connectivity index (χ3v) is 7.12. The van der Waals surface area contributed by atoms with Crippen molar-refractivity contribution < 1.29 is 4.79 Å². The van der Waals surface area contributed by atoms with Gasteiger partial charge in [0, 0.05) is 47.0 Å². The Hall–Kier alpha value is -2.01. The number of halogens is 2. The van der Waals surface area contributed by atoms with Gasteiger partial charge in [-0.3, -0.25) is 4.79 Å². The number of benzene rings is 2. The first-order valence-corrected chi connectivity index (χ1v) is 10.5. The molecular weight excluding hydrogens is 405 g/mol. The lowest BCUT2D eigenvalue weighted by Crippen LogP contribution is -2.58. The van der Waals surface area contributed by atoms with Gasteiger partial charge in [0.1, 0.15) is 0 Å². The Labute approximate surface area is 181 Å². The molecule has 3 saturated heterocycles. The van der Waals surface area contributed by atoms with Crippen molar-refractivity contribution >= 4 is 40.8 Å². The molecule has 0 unspecified atom stereocenters. The Morgan fingerprint density at radius 3 is 2.45 bits per heavy atom. The third kappa shape index (κ3) is 2.89. The Morgan fingerprint density at radius 1 is 1.00 bits per heavy atom. The number of rotatable bonds is 2. The number of piperidine rings is 3. The molecule has 0 spiro atoms. The normalized spacial score (nSPS) is 25.3. The first-order chi connectivity index (χ1) is 13.7. The summed E-state index contributed by atoms with van der Waals surface area (Å²) in [7, 11) is 0. The highest BCUT2D eigenvalue weighted by atomic mass is 35.5. The van der Waals surface area contributed by atoms with Crippen molar-refractivity contribution in [3.8, 4) is 5.69 Å². The summed E-state index contributed by atoms with van der Waals surface area (Å²) < 4.78 is 2.19. The van der Waals surface area contributed by atoms with E-state index in [0.29, 0.717) is 18.5 Å². The van der Waals surface area contributed by atoms with E-state index in [2.05, 4.69) is 26.6 Å². The summed E-state index contributed by atoms with van der Waals surface area (Å²) in [6.07, 6.45) is 4.65. The minimum absolute atomic E-state index is 0. The van der Waals surface area contributed by atoms with Gasteiger partial charge in [0.05, 0.1) is 5.52 Å². The lowest BCUT2D eigenvalue weighted by molar-refractivity contribution is 0.00407. The van der Waals surface area contributed by atoms with Gasteiger partial charge in [0.15, 0.2) is 0 Å². The zero-order valence-electron chi connectivity index (χ0n) is 16.1. The van der Waals surface area contributed by atoms with E-state index >= 15 is 0 Å². The fraction of sp³-hybridized carbons (Fsp3) is 0.348. The first-order valence-electron chi connectivity index (χ1n) is 10.1. The van der Waals surface area contributed by atoms with Crippen molar-refractivity contribution in [3.05, 3.63) is 64.8 Å². The molecule has 2 aromatic carbocycles. The van der Waals surface area contributed by atoms with Crippen LogP contribution in [-0.2, 0) is 6.54 Å². The fourth-order valence-electron chi connectivity index (χ4n) is 5.45. The van der Waals surface area contributed by atoms with E-state index in [1.807, 2.05) is 36.4 Å². The second-order valence-electron chi connectivity index (χ2n) is 8.34. The molecule has 2 bridgehead atoms. The lowest BCUT2D eigenvalue weighted by Gasteiger charge is -2.49. The highest BCUT2D eigenvalue weighted by Gasteiger charge is 2.41. The molecule has 29 heavy (non-hydrogen) atoms. The Kier molecular flexibility index (Phi) is 4.61. The highest BCUT2D eigenvalue weighted by molar-refractivity contribution is 6.30. The number of hydrogen-bond acceptors (Lipinski definition) is 2. The fourth-order valence-corrected chi connectivity index (χ4v) is 5.57. The molecule has 0 N–H and O–H groups in total. The molecule has 1 aromatic heterocycles. The second kappa shape index (κ2) is 7.05. The topological polar surface area (TPSA) is 28.5 Å². The Bertz CT molecular complexity index is 1080. The largest absolute Gasteiger partial charge is 0.330 e. The van der Waals surface area contributed by atoms with Crippen LogP contribution >= 0.6 is 24.0 Å². The number of carbonyl (C=O) groups is 1. The molecule has 4 aliphatic rings. The van der Waals surface area contributed by atoms with Crippen molar-refractivity contribution in [1.29, 1.82) is 0 Å². The van der Waals surface area contributed by atoms with Crippen molar-refractivity contribution in [1.82, 2.24) is 14.4 Å². The summed E-state index contributed by atoms with van der Waals surface area (Å²) >= 11 is 6.08. The van der Waals surface area contributed by atoms with Crippen molar-refractivity contribution in [2.75, 3.05) is 19.6 Å². The smallest absolute Gasteiger partial charge is 0.255 e. The minimum atomic E-state index is 0. The predicted octanol–water partition coefficient (Wildman–Crippen LogP) is 4.76. The molecular formula is C23H23Cl2N3O. The SMILES string of the molecule is Cl.O=C1c2cccc3c2c(cn3-c2ccc(Cl)cc2)CN1[C@H]1CN2CCC1CC2. The number of amides is 1. The Morgan fingerprint density at radius 2 is 1.76 bits per heavy atom. The van der Waals surface area contributed by atoms with Crippen LogP contribution in [-0.4, -0.2) is 46.0 Å². The van der Waals surface area contributed by atoms with Crippen LogP contribution in [0.3, 0.4) is 0 Å². The molecule has 4 nitrogen and oxygen atoms in total. The molecule has 3 fully saturated rings. The summed E-state index contributed by atoms with van der Waals surface area (Å²) in [5.74, 6) is 0.846. The average molecular weight is 428 g/mol. The van der Waals surface area contributed by atoms with Gasteiger partial charge in [0.25, 0.3) is 5.91 Å².